The van der Waals surface area contributed by atoms with Gasteiger partial charge in [-0.25, -0.2) is 0 Å². The number of amides is 1. The molecule has 1 heterocycles. The summed E-state index contributed by atoms with van der Waals surface area (Å²) < 4.78 is 5.93. The van der Waals surface area contributed by atoms with Gasteiger partial charge >= 0.3 is 0 Å². The zero-order valence-electron chi connectivity index (χ0n) is 11.2. The monoisotopic (exact) mass is 355 g/mol. The fourth-order valence-corrected chi connectivity index (χ4v) is 3.63. The van der Waals surface area contributed by atoms with E-state index in [0.29, 0.717) is 6.54 Å². The Balaban J connectivity index is 1.89. The minimum absolute atomic E-state index is 0.0560. The van der Waals surface area contributed by atoms with E-state index in [9.17, 15) is 4.79 Å². The van der Waals surface area contributed by atoms with Gasteiger partial charge in [0, 0.05) is 24.7 Å². The summed E-state index contributed by atoms with van der Waals surface area (Å²) in [4.78, 5) is 13.8. The summed E-state index contributed by atoms with van der Waals surface area (Å²) in [6, 6.07) is 3.98. The molecule has 0 N–H and O–H groups in total. The van der Waals surface area contributed by atoms with Crippen LogP contribution < -0.4 is 0 Å². The quantitative estimate of drug-likeness (QED) is 0.814. The summed E-state index contributed by atoms with van der Waals surface area (Å²) in [7, 11) is 1.55. The number of ether oxygens (including phenoxy) is 1. The van der Waals surface area contributed by atoms with Crippen molar-refractivity contribution in [1.82, 2.24) is 4.90 Å². The molecule has 0 aromatic heterocycles. The topological polar surface area (TPSA) is 29.5 Å². The molecule has 1 aliphatic heterocycles. The Morgan fingerprint density at radius 1 is 1.50 bits per heavy atom. The Morgan fingerprint density at radius 3 is 3.05 bits per heavy atom. The van der Waals surface area contributed by atoms with Crippen LogP contribution in [0.5, 0.6) is 0 Å². The molecule has 1 amide bonds. The van der Waals surface area contributed by atoms with Crippen LogP contribution in [-0.2, 0) is 16.0 Å². The van der Waals surface area contributed by atoms with Crippen molar-refractivity contribution in [2.24, 2.45) is 0 Å². The first-order valence-corrected chi connectivity index (χ1v) is 7.73. The maximum Gasteiger partial charge on any atom is 0.248 e. The van der Waals surface area contributed by atoms with Crippen molar-refractivity contribution in [3.8, 4) is 0 Å². The van der Waals surface area contributed by atoms with Crippen LogP contribution in [0.25, 0.3) is 5.57 Å². The lowest BCUT2D eigenvalue weighted by molar-refractivity contribution is -0.134. The molecule has 1 aromatic carbocycles. The molecule has 0 atom stereocenters. The molecule has 0 radical (unpaired) electrons. The standard InChI is InChI=1S/C15H15BrClNO2/c1-20-8-14(19)18-5-4-9-6-11-10(12(9)7-18)2-3-13(17)15(11)16/h2-3H,4-8H2,1H3. The van der Waals surface area contributed by atoms with Crippen LogP contribution in [0.1, 0.15) is 17.5 Å². The molecule has 1 aliphatic carbocycles. The van der Waals surface area contributed by atoms with Crippen molar-refractivity contribution in [2.45, 2.75) is 12.8 Å². The SMILES string of the molecule is COCC(=O)N1CCC2=C(C1)c1ccc(Cl)c(Br)c1C2. The minimum atomic E-state index is 0.0560. The van der Waals surface area contributed by atoms with Gasteiger partial charge in [0.15, 0.2) is 0 Å². The van der Waals surface area contributed by atoms with Crippen molar-refractivity contribution in [2.75, 3.05) is 26.8 Å². The van der Waals surface area contributed by atoms with Crippen molar-refractivity contribution < 1.29 is 9.53 Å². The average Bonchev–Trinajstić information content (AvgIpc) is 2.81. The zero-order valence-corrected chi connectivity index (χ0v) is 13.6. The molecule has 0 saturated heterocycles. The third-order valence-electron chi connectivity index (χ3n) is 3.99. The van der Waals surface area contributed by atoms with Crippen LogP contribution >= 0.6 is 27.5 Å². The van der Waals surface area contributed by atoms with Gasteiger partial charge in [0.1, 0.15) is 6.61 Å². The van der Waals surface area contributed by atoms with Crippen LogP contribution in [0.4, 0.5) is 0 Å². The normalized spacial score (nSPS) is 17.2. The first-order valence-electron chi connectivity index (χ1n) is 6.56. The number of hydrogen-bond donors (Lipinski definition) is 0. The van der Waals surface area contributed by atoms with Gasteiger partial charge in [-0.2, -0.15) is 0 Å². The highest BCUT2D eigenvalue weighted by atomic mass is 79.9. The predicted molar refractivity (Wildman–Crippen MR) is 82.8 cm³/mol. The zero-order chi connectivity index (χ0) is 14.3. The van der Waals surface area contributed by atoms with E-state index in [4.69, 9.17) is 16.3 Å². The number of rotatable bonds is 2. The number of fused-ring (bicyclic) bond motifs is 2. The van der Waals surface area contributed by atoms with Crippen molar-refractivity contribution in [1.29, 1.82) is 0 Å². The second-order valence-electron chi connectivity index (χ2n) is 5.14. The number of methoxy groups -OCH3 is 1. The van der Waals surface area contributed by atoms with E-state index in [1.54, 1.807) is 7.11 Å². The summed E-state index contributed by atoms with van der Waals surface area (Å²) in [6.07, 6.45) is 1.88. The summed E-state index contributed by atoms with van der Waals surface area (Å²) in [5.41, 5.74) is 5.20. The Bertz CT molecular complexity index is 612. The second kappa shape index (κ2) is 5.51. The van der Waals surface area contributed by atoms with Gasteiger partial charge in [0.2, 0.25) is 5.91 Å². The van der Waals surface area contributed by atoms with E-state index in [1.807, 2.05) is 11.0 Å². The fraction of sp³-hybridized carbons (Fsp3) is 0.400. The molecule has 1 aromatic rings. The van der Waals surface area contributed by atoms with Gasteiger partial charge in [-0.05, 0) is 51.5 Å². The van der Waals surface area contributed by atoms with E-state index < -0.39 is 0 Å². The Hall–Kier alpha value is -0.840. The van der Waals surface area contributed by atoms with E-state index in [-0.39, 0.29) is 12.5 Å². The van der Waals surface area contributed by atoms with E-state index in [2.05, 4.69) is 22.0 Å². The Kier molecular flexibility index (Phi) is 3.89. The van der Waals surface area contributed by atoms with E-state index >= 15 is 0 Å². The van der Waals surface area contributed by atoms with Crippen LogP contribution in [0.15, 0.2) is 22.2 Å². The molecular weight excluding hydrogens is 342 g/mol. The van der Waals surface area contributed by atoms with Gasteiger partial charge < -0.3 is 9.64 Å². The molecule has 0 spiro atoms. The molecule has 0 unspecified atom stereocenters. The van der Waals surface area contributed by atoms with Gasteiger partial charge in [0.05, 0.1) is 5.02 Å². The minimum Gasteiger partial charge on any atom is -0.375 e. The number of carbonyl (C=O) groups excluding carboxylic acids is 1. The number of nitrogens with zero attached hydrogens (tertiary/aromatic N) is 1. The highest BCUT2D eigenvalue weighted by Gasteiger charge is 2.30. The number of carbonyl (C=O) groups is 1. The van der Waals surface area contributed by atoms with Crippen LogP contribution in [0.3, 0.4) is 0 Å². The molecule has 5 heteroatoms. The maximum absolute atomic E-state index is 12.0. The van der Waals surface area contributed by atoms with Crippen LogP contribution in [0, 0.1) is 0 Å². The first kappa shape index (κ1) is 14.1. The highest BCUT2D eigenvalue weighted by Crippen LogP contribution is 2.42. The molecule has 0 saturated carbocycles. The van der Waals surface area contributed by atoms with Crippen molar-refractivity contribution in [3.63, 3.8) is 0 Å². The van der Waals surface area contributed by atoms with Crippen molar-refractivity contribution >= 4 is 39.0 Å². The largest absolute Gasteiger partial charge is 0.375 e. The summed E-state index contributed by atoms with van der Waals surface area (Å²) in [5.74, 6) is 0.0560. The Morgan fingerprint density at radius 2 is 2.30 bits per heavy atom. The molecule has 0 fully saturated rings. The first-order chi connectivity index (χ1) is 9.61. The summed E-state index contributed by atoms with van der Waals surface area (Å²) >= 11 is 9.74. The fourth-order valence-electron chi connectivity index (χ4n) is 2.96. The maximum atomic E-state index is 12.0. The van der Waals surface area contributed by atoms with Gasteiger partial charge in [-0.15, -0.1) is 0 Å². The third kappa shape index (κ3) is 2.30. The van der Waals surface area contributed by atoms with Gasteiger partial charge in [-0.1, -0.05) is 23.2 Å². The molecule has 20 heavy (non-hydrogen) atoms. The third-order valence-corrected chi connectivity index (χ3v) is 5.44. The van der Waals surface area contributed by atoms with E-state index in [1.165, 1.54) is 22.3 Å². The average molecular weight is 357 g/mol. The van der Waals surface area contributed by atoms with Crippen molar-refractivity contribution in [3.05, 3.63) is 38.3 Å². The van der Waals surface area contributed by atoms with Crippen LogP contribution in [-0.4, -0.2) is 37.6 Å². The van der Waals surface area contributed by atoms with Crippen LogP contribution in [0.2, 0.25) is 5.02 Å². The number of benzene rings is 1. The smallest absolute Gasteiger partial charge is 0.248 e. The van der Waals surface area contributed by atoms with Gasteiger partial charge in [0.25, 0.3) is 0 Å². The lowest BCUT2D eigenvalue weighted by Crippen LogP contribution is -2.38. The molecule has 2 aliphatic rings. The summed E-state index contributed by atoms with van der Waals surface area (Å²) in [5, 5.41) is 0.746. The highest BCUT2D eigenvalue weighted by molar-refractivity contribution is 9.10. The second-order valence-corrected chi connectivity index (χ2v) is 6.34. The molecule has 3 rings (SSSR count). The van der Waals surface area contributed by atoms with E-state index in [0.717, 1.165) is 28.9 Å². The Labute approximate surface area is 131 Å². The molecule has 0 bridgehead atoms. The number of halogens is 2. The summed E-state index contributed by atoms with van der Waals surface area (Å²) in [6.45, 7) is 1.61. The molecule has 106 valence electrons. The predicted octanol–water partition coefficient (Wildman–Crippen LogP) is 3.29. The molecule has 3 nitrogen and oxygen atoms in total. The lowest BCUT2D eigenvalue weighted by atomic mass is 10.00. The number of hydrogen-bond acceptors (Lipinski definition) is 2. The lowest BCUT2D eigenvalue weighted by Gasteiger charge is -2.28. The molecular formula is C15H15BrClNO2. The van der Waals surface area contributed by atoms with Gasteiger partial charge in [-0.3, -0.25) is 4.79 Å².